The van der Waals surface area contributed by atoms with Crippen molar-refractivity contribution < 1.29 is 13.2 Å². The molecule has 0 N–H and O–H groups in total. The van der Waals surface area contributed by atoms with Crippen molar-refractivity contribution in [3.05, 3.63) is 24.2 Å². The van der Waals surface area contributed by atoms with Crippen molar-refractivity contribution in [2.24, 2.45) is 7.05 Å². The summed E-state index contributed by atoms with van der Waals surface area (Å²) in [5.41, 5.74) is 0. The van der Waals surface area contributed by atoms with E-state index < -0.39 is 10.0 Å². The molecule has 136 valence electrons. The molecule has 9 nitrogen and oxygen atoms in total. The Labute approximate surface area is 147 Å². The van der Waals surface area contributed by atoms with E-state index in [1.165, 1.54) is 10.5 Å². The van der Waals surface area contributed by atoms with Gasteiger partial charge in [-0.05, 0) is 19.4 Å². The highest BCUT2D eigenvalue weighted by Gasteiger charge is 2.35. The van der Waals surface area contributed by atoms with Crippen LogP contribution in [0.3, 0.4) is 0 Å². The second-order valence-electron chi connectivity index (χ2n) is 6.25. The Morgan fingerprint density at radius 2 is 2.04 bits per heavy atom. The number of hydrogen-bond donors (Lipinski definition) is 0. The number of sulfonamides is 1. The molecule has 2 aromatic heterocycles. The van der Waals surface area contributed by atoms with Crippen molar-refractivity contribution in [1.29, 1.82) is 0 Å². The van der Waals surface area contributed by atoms with Crippen LogP contribution in [-0.4, -0.2) is 65.8 Å². The summed E-state index contributed by atoms with van der Waals surface area (Å²) in [5.74, 6) is 1.78. The van der Waals surface area contributed by atoms with Crippen LogP contribution in [0.4, 0.5) is 5.82 Å². The van der Waals surface area contributed by atoms with Crippen LogP contribution in [0, 0.1) is 6.92 Å². The Bertz CT molecular complexity index is 827. The van der Waals surface area contributed by atoms with Crippen LogP contribution in [0.2, 0.25) is 0 Å². The smallest absolute Gasteiger partial charge is 0.262 e. The van der Waals surface area contributed by atoms with Crippen molar-refractivity contribution in [3.8, 4) is 5.88 Å². The maximum atomic E-state index is 12.7. The Balaban J connectivity index is 1.67. The summed E-state index contributed by atoms with van der Waals surface area (Å²) in [5, 5.41) is 8.15. The van der Waals surface area contributed by atoms with Gasteiger partial charge in [0.15, 0.2) is 10.8 Å². The van der Waals surface area contributed by atoms with Crippen LogP contribution in [0.15, 0.2) is 23.4 Å². The van der Waals surface area contributed by atoms with Crippen molar-refractivity contribution in [2.75, 3.05) is 32.1 Å². The zero-order valence-corrected chi connectivity index (χ0v) is 15.6. The molecule has 3 rings (SSSR count). The summed E-state index contributed by atoms with van der Waals surface area (Å²) in [7, 11) is 1.92. The van der Waals surface area contributed by atoms with Crippen molar-refractivity contribution in [1.82, 2.24) is 24.1 Å². The summed E-state index contributed by atoms with van der Waals surface area (Å²) in [4.78, 5) is 5.97. The fourth-order valence-corrected chi connectivity index (χ4v) is 4.09. The molecule has 10 heteroatoms. The van der Waals surface area contributed by atoms with Gasteiger partial charge in [-0.2, -0.15) is 4.31 Å². The molecule has 1 aliphatic rings. The Morgan fingerprint density at radius 1 is 1.28 bits per heavy atom. The lowest BCUT2D eigenvalue weighted by atomic mass is 10.3. The summed E-state index contributed by atoms with van der Waals surface area (Å²) in [6.45, 7) is 2.44. The van der Waals surface area contributed by atoms with Gasteiger partial charge in [-0.3, -0.25) is 0 Å². The van der Waals surface area contributed by atoms with Gasteiger partial charge in [0, 0.05) is 40.0 Å². The average Bonchev–Trinajstić information content (AvgIpc) is 3.16. The van der Waals surface area contributed by atoms with E-state index in [0.717, 1.165) is 5.82 Å². The molecule has 1 fully saturated rings. The molecule has 1 atom stereocenters. The van der Waals surface area contributed by atoms with E-state index in [4.69, 9.17) is 4.74 Å². The number of anilines is 1. The zero-order chi connectivity index (χ0) is 18.2. The lowest BCUT2D eigenvalue weighted by molar-refractivity contribution is 0.204. The average molecular weight is 366 g/mol. The second kappa shape index (κ2) is 6.60. The van der Waals surface area contributed by atoms with Crippen LogP contribution in [-0.2, 0) is 17.1 Å². The van der Waals surface area contributed by atoms with Gasteiger partial charge < -0.3 is 14.2 Å². The Kier molecular flexibility index (Phi) is 4.65. The SMILES string of the molecule is Cc1nc(S(=O)(=O)N2CCC(Oc3ccc(N(C)C)nn3)C2)cn1C. The molecule has 0 bridgehead atoms. The van der Waals surface area contributed by atoms with E-state index in [1.807, 2.05) is 25.1 Å². The number of aryl methyl sites for hydroxylation is 2. The fraction of sp³-hybridized carbons (Fsp3) is 0.533. The number of hydrogen-bond acceptors (Lipinski definition) is 7. The monoisotopic (exact) mass is 366 g/mol. The Morgan fingerprint density at radius 3 is 2.60 bits per heavy atom. The van der Waals surface area contributed by atoms with E-state index in [9.17, 15) is 8.42 Å². The third-order valence-corrected chi connectivity index (χ3v) is 5.91. The largest absolute Gasteiger partial charge is 0.472 e. The minimum absolute atomic E-state index is 0.0725. The Hall–Kier alpha value is -2.20. The molecule has 3 heterocycles. The first-order chi connectivity index (χ1) is 11.8. The van der Waals surface area contributed by atoms with E-state index in [2.05, 4.69) is 15.2 Å². The number of rotatable bonds is 5. The molecular weight excluding hydrogens is 344 g/mol. The fourth-order valence-electron chi connectivity index (χ4n) is 2.58. The maximum absolute atomic E-state index is 12.7. The van der Waals surface area contributed by atoms with Gasteiger partial charge in [-0.25, -0.2) is 13.4 Å². The lowest BCUT2D eigenvalue weighted by Crippen LogP contribution is -2.31. The molecule has 0 aromatic carbocycles. The molecule has 0 amide bonds. The predicted octanol–water partition coefficient (Wildman–Crippen LogP) is 0.427. The quantitative estimate of drug-likeness (QED) is 0.757. The topological polar surface area (TPSA) is 93.4 Å². The second-order valence-corrected chi connectivity index (χ2v) is 8.14. The van der Waals surface area contributed by atoms with Crippen LogP contribution in [0.5, 0.6) is 5.88 Å². The predicted molar refractivity (Wildman–Crippen MR) is 92.1 cm³/mol. The highest BCUT2D eigenvalue weighted by atomic mass is 32.2. The zero-order valence-electron chi connectivity index (χ0n) is 14.7. The standard InChI is InChI=1S/C15H22N6O3S/c1-11-16-15(10-20(11)4)25(22,23)21-8-7-12(9-21)24-14-6-5-13(17-18-14)19(2)3/h5-6,10,12H,7-9H2,1-4H3. The van der Waals surface area contributed by atoms with Gasteiger partial charge in [0.05, 0.1) is 6.54 Å². The van der Waals surface area contributed by atoms with Crippen molar-refractivity contribution >= 4 is 15.8 Å². The first kappa shape index (κ1) is 17.6. The minimum atomic E-state index is -3.60. The van der Waals surface area contributed by atoms with E-state index in [1.54, 1.807) is 24.6 Å². The maximum Gasteiger partial charge on any atom is 0.262 e. The van der Waals surface area contributed by atoms with Crippen LogP contribution >= 0.6 is 0 Å². The molecule has 25 heavy (non-hydrogen) atoms. The van der Waals surface area contributed by atoms with Gasteiger partial charge in [0.1, 0.15) is 11.9 Å². The number of ether oxygens (including phenoxy) is 1. The van der Waals surface area contributed by atoms with Crippen LogP contribution < -0.4 is 9.64 Å². The lowest BCUT2D eigenvalue weighted by Gasteiger charge is -2.16. The molecule has 2 aromatic rings. The number of nitrogens with zero attached hydrogens (tertiary/aromatic N) is 6. The molecule has 1 aliphatic heterocycles. The van der Waals surface area contributed by atoms with E-state index in [-0.39, 0.29) is 17.7 Å². The summed E-state index contributed by atoms with van der Waals surface area (Å²) in [6, 6.07) is 3.55. The summed E-state index contributed by atoms with van der Waals surface area (Å²) >= 11 is 0. The van der Waals surface area contributed by atoms with Gasteiger partial charge in [0.2, 0.25) is 5.88 Å². The highest BCUT2D eigenvalue weighted by Crippen LogP contribution is 2.23. The van der Waals surface area contributed by atoms with Gasteiger partial charge in [-0.1, -0.05) is 0 Å². The van der Waals surface area contributed by atoms with Crippen LogP contribution in [0.1, 0.15) is 12.2 Å². The van der Waals surface area contributed by atoms with E-state index >= 15 is 0 Å². The molecule has 0 radical (unpaired) electrons. The highest BCUT2D eigenvalue weighted by molar-refractivity contribution is 7.89. The van der Waals surface area contributed by atoms with Gasteiger partial charge in [0.25, 0.3) is 10.0 Å². The minimum Gasteiger partial charge on any atom is -0.472 e. The van der Waals surface area contributed by atoms with Gasteiger partial charge >= 0.3 is 0 Å². The van der Waals surface area contributed by atoms with Crippen LogP contribution in [0.25, 0.3) is 0 Å². The third kappa shape index (κ3) is 3.59. The molecule has 0 saturated carbocycles. The van der Waals surface area contributed by atoms with Crippen molar-refractivity contribution in [3.63, 3.8) is 0 Å². The molecule has 1 saturated heterocycles. The van der Waals surface area contributed by atoms with Crippen molar-refractivity contribution in [2.45, 2.75) is 24.5 Å². The van der Waals surface area contributed by atoms with E-state index in [0.29, 0.717) is 24.7 Å². The molecular formula is C15H22N6O3S. The molecule has 0 aliphatic carbocycles. The molecule has 0 spiro atoms. The third-order valence-electron chi connectivity index (χ3n) is 4.17. The first-order valence-corrected chi connectivity index (χ1v) is 9.39. The normalized spacial score (nSPS) is 18.5. The van der Waals surface area contributed by atoms with Gasteiger partial charge in [-0.15, -0.1) is 10.2 Å². The first-order valence-electron chi connectivity index (χ1n) is 7.95. The molecule has 1 unspecified atom stereocenters. The summed E-state index contributed by atoms with van der Waals surface area (Å²) < 4.78 is 34.2. The number of aromatic nitrogens is 4. The number of imidazole rings is 1. The summed E-state index contributed by atoms with van der Waals surface area (Å²) in [6.07, 6.45) is 1.88.